The van der Waals surface area contributed by atoms with Crippen molar-refractivity contribution in [2.75, 3.05) is 43.2 Å². The first-order valence-corrected chi connectivity index (χ1v) is 12.2. The van der Waals surface area contributed by atoms with Crippen LogP contribution in [0.2, 0.25) is 0 Å². The third kappa shape index (κ3) is 4.15. The van der Waals surface area contributed by atoms with E-state index in [-0.39, 0.29) is 12.7 Å². The highest BCUT2D eigenvalue weighted by Gasteiger charge is 2.24. The SMILES string of the molecule is Cc1ccccc1C(=O)N1CCCN(c2nnc(Nc3ccc4c(c3)OCO4)c3ccccc23)CC1. The molecule has 1 amide bonds. The van der Waals surface area contributed by atoms with Crippen molar-refractivity contribution >= 4 is 34.0 Å². The van der Waals surface area contributed by atoms with Crippen molar-refractivity contribution in [3.05, 3.63) is 77.9 Å². The van der Waals surface area contributed by atoms with Crippen molar-refractivity contribution in [2.45, 2.75) is 13.3 Å². The van der Waals surface area contributed by atoms with E-state index < -0.39 is 0 Å². The number of nitrogens with one attached hydrogen (secondary N) is 1. The van der Waals surface area contributed by atoms with Crippen LogP contribution in [0.1, 0.15) is 22.3 Å². The van der Waals surface area contributed by atoms with Crippen LogP contribution in [0.4, 0.5) is 17.3 Å². The molecule has 0 atom stereocenters. The molecule has 6 rings (SSSR count). The van der Waals surface area contributed by atoms with Gasteiger partial charge >= 0.3 is 0 Å². The summed E-state index contributed by atoms with van der Waals surface area (Å²) >= 11 is 0. The zero-order chi connectivity index (χ0) is 24.5. The van der Waals surface area contributed by atoms with E-state index in [1.54, 1.807) is 0 Å². The molecule has 36 heavy (non-hydrogen) atoms. The van der Waals surface area contributed by atoms with Crippen LogP contribution < -0.4 is 19.7 Å². The summed E-state index contributed by atoms with van der Waals surface area (Å²) in [5.74, 6) is 3.06. The van der Waals surface area contributed by atoms with Gasteiger partial charge in [-0.1, -0.05) is 42.5 Å². The Bertz CT molecular complexity index is 1440. The predicted molar refractivity (Wildman–Crippen MR) is 139 cm³/mol. The van der Waals surface area contributed by atoms with Gasteiger partial charge in [0.25, 0.3) is 5.91 Å². The molecule has 8 heteroatoms. The van der Waals surface area contributed by atoms with E-state index >= 15 is 0 Å². The molecule has 2 aliphatic rings. The number of rotatable bonds is 4. The Kier molecular flexibility index (Phi) is 5.77. The number of carbonyl (C=O) groups is 1. The van der Waals surface area contributed by atoms with Crippen LogP contribution in [-0.2, 0) is 0 Å². The molecule has 1 saturated heterocycles. The summed E-state index contributed by atoms with van der Waals surface area (Å²) in [6.45, 7) is 5.09. The highest BCUT2D eigenvalue weighted by atomic mass is 16.7. The van der Waals surface area contributed by atoms with Gasteiger partial charge in [-0.15, -0.1) is 10.2 Å². The Labute approximate surface area is 209 Å². The lowest BCUT2D eigenvalue weighted by Crippen LogP contribution is -2.35. The van der Waals surface area contributed by atoms with Crippen molar-refractivity contribution in [1.29, 1.82) is 0 Å². The lowest BCUT2D eigenvalue weighted by molar-refractivity contribution is 0.0766. The topological polar surface area (TPSA) is 79.8 Å². The molecule has 4 aromatic rings. The molecule has 0 radical (unpaired) electrons. The van der Waals surface area contributed by atoms with Crippen molar-refractivity contribution in [3.63, 3.8) is 0 Å². The normalized spacial score (nSPS) is 15.1. The number of hydrogen-bond donors (Lipinski definition) is 1. The van der Waals surface area contributed by atoms with Crippen molar-refractivity contribution in [1.82, 2.24) is 15.1 Å². The van der Waals surface area contributed by atoms with E-state index in [0.717, 1.165) is 58.7 Å². The number of aromatic nitrogens is 2. The van der Waals surface area contributed by atoms with Crippen LogP contribution in [0.5, 0.6) is 11.5 Å². The Hall–Kier alpha value is -4.33. The average Bonchev–Trinajstić information content (AvgIpc) is 3.24. The molecule has 2 aliphatic heterocycles. The van der Waals surface area contributed by atoms with Gasteiger partial charge in [-0.2, -0.15) is 0 Å². The number of anilines is 3. The summed E-state index contributed by atoms with van der Waals surface area (Å²) < 4.78 is 10.9. The fourth-order valence-corrected chi connectivity index (χ4v) is 4.84. The van der Waals surface area contributed by atoms with Crippen LogP contribution in [0, 0.1) is 6.92 Å². The molecular formula is C28H27N5O3. The second kappa shape index (κ2) is 9.37. The first-order valence-electron chi connectivity index (χ1n) is 12.2. The van der Waals surface area contributed by atoms with Crippen LogP contribution in [0.3, 0.4) is 0 Å². The van der Waals surface area contributed by atoms with E-state index in [9.17, 15) is 4.79 Å². The third-order valence-electron chi connectivity index (χ3n) is 6.76. The quantitative estimate of drug-likeness (QED) is 0.450. The predicted octanol–water partition coefficient (Wildman–Crippen LogP) is 4.76. The van der Waals surface area contributed by atoms with Crippen molar-refractivity contribution in [2.24, 2.45) is 0 Å². The Balaban J connectivity index is 1.24. The number of aryl methyl sites for hydroxylation is 1. The molecule has 0 unspecified atom stereocenters. The molecule has 0 aliphatic carbocycles. The van der Waals surface area contributed by atoms with Gasteiger partial charge in [-0.3, -0.25) is 4.79 Å². The minimum absolute atomic E-state index is 0.0918. The van der Waals surface area contributed by atoms with Gasteiger partial charge in [-0.05, 0) is 37.1 Å². The van der Waals surface area contributed by atoms with Crippen LogP contribution in [-0.4, -0.2) is 54.0 Å². The fraction of sp³-hybridized carbons (Fsp3) is 0.250. The van der Waals surface area contributed by atoms with Gasteiger partial charge in [0.1, 0.15) is 0 Å². The van der Waals surface area contributed by atoms with E-state index in [4.69, 9.17) is 9.47 Å². The number of ether oxygens (including phenoxy) is 2. The molecule has 3 aromatic carbocycles. The number of hydrogen-bond acceptors (Lipinski definition) is 7. The minimum atomic E-state index is 0.0918. The maximum atomic E-state index is 13.2. The van der Waals surface area contributed by atoms with E-state index in [1.165, 1.54) is 0 Å². The largest absolute Gasteiger partial charge is 0.454 e. The van der Waals surface area contributed by atoms with Gasteiger partial charge in [0.2, 0.25) is 6.79 Å². The Morgan fingerprint density at radius 3 is 2.56 bits per heavy atom. The average molecular weight is 482 g/mol. The Morgan fingerprint density at radius 2 is 1.67 bits per heavy atom. The summed E-state index contributed by atoms with van der Waals surface area (Å²) in [4.78, 5) is 17.4. The van der Waals surface area contributed by atoms with Crippen molar-refractivity contribution in [3.8, 4) is 11.5 Å². The van der Waals surface area contributed by atoms with Gasteiger partial charge in [0.05, 0.1) is 0 Å². The van der Waals surface area contributed by atoms with E-state index in [0.29, 0.717) is 24.7 Å². The first-order chi connectivity index (χ1) is 17.7. The maximum Gasteiger partial charge on any atom is 0.254 e. The molecule has 8 nitrogen and oxygen atoms in total. The molecule has 0 saturated carbocycles. The van der Waals surface area contributed by atoms with E-state index in [2.05, 4.69) is 32.5 Å². The highest BCUT2D eigenvalue weighted by Crippen LogP contribution is 2.36. The Morgan fingerprint density at radius 1 is 0.861 bits per heavy atom. The summed E-state index contributed by atoms with van der Waals surface area (Å²) in [5, 5.41) is 14.6. The van der Waals surface area contributed by atoms with E-state index in [1.807, 2.05) is 66.4 Å². The van der Waals surface area contributed by atoms with Gasteiger partial charge in [0, 0.05) is 54.3 Å². The summed E-state index contributed by atoms with van der Waals surface area (Å²) in [6.07, 6.45) is 0.866. The molecule has 1 fully saturated rings. The highest BCUT2D eigenvalue weighted by molar-refractivity contribution is 6.00. The lowest BCUT2D eigenvalue weighted by atomic mass is 10.1. The molecule has 182 valence electrons. The maximum absolute atomic E-state index is 13.2. The third-order valence-corrected chi connectivity index (χ3v) is 6.76. The van der Waals surface area contributed by atoms with Crippen molar-refractivity contribution < 1.29 is 14.3 Å². The van der Waals surface area contributed by atoms with Crippen LogP contribution in [0.15, 0.2) is 66.7 Å². The number of fused-ring (bicyclic) bond motifs is 2. The number of carbonyl (C=O) groups excluding carboxylic acids is 1. The molecule has 0 spiro atoms. The summed E-state index contributed by atoms with van der Waals surface area (Å²) in [7, 11) is 0. The van der Waals surface area contributed by atoms with Gasteiger partial charge < -0.3 is 24.6 Å². The monoisotopic (exact) mass is 481 g/mol. The minimum Gasteiger partial charge on any atom is -0.454 e. The van der Waals surface area contributed by atoms with Gasteiger partial charge in [-0.25, -0.2) is 0 Å². The smallest absolute Gasteiger partial charge is 0.254 e. The summed E-state index contributed by atoms with van der Waals surface area (Å²) in [6, 6.07) is 21.7. The number of amides is 1. The number of benzene rings is 3. The molecule has 3 heterocycles. The fourth-order valence-electron chi connectivity index (χ4n) is 4.84. The molecule has 1 N–H and O–H groups in total. The molecule has 1 aromatic heterocycles. The second-order valence-corrected chi connectivity index (χ2v) is 9.06. The second-order valence-electron chi connectivity index (χ2n) is 9.06. The summed E-state index contributed by atoms with van der Waals surface area (Å²) in [5.41, 5.74) is 2.63. The molecular weight excluding hydrogens is 454 g/mol. The van der Waals surface area contributed by atoms with Crippen LogP contribution >= 0.6 is 0 Å². The van der Waals surface area contributed by atoms with Crippen LogP contribution in [0.25, 0.3) is 10.8 Å². The molecule has 0 bridgehead atoms. The number of nitrogens with zero attached hydrogens (tertiary/aromatic N) is 4. The standard InChI is InChI=1S/C28H27N5O3/c1-19-7-2-3-8-21(19)28(34)33-14-6-13-32(15-16-33)27-23-10-5-4-9-22(23)26(30-31-27)29-20-11-12-24-25(17-20)36-18-35-24/h2-5,7-12,17H,6,13-16,18H2,1H3,(H,29,30). The first kappa shape index (κ1) is 22.2. The zero-order valence-electron chi connectivity index (χ0n) is 20.1. The lowest BCUT2D eigenvalue weighted by Gasteiger charge is -2.24. The van der Waals surface area contributed by atoms with Gasteiger partial charge in [0.15, 0.2) is 23.1 Å². The zero-order valence-corrected chi connectivity index (χ0v) is 20.1.